The third-order valence-electron chi connectivity index (χ3n) is 5.02. The number of hydrogen-bond donors (Lipinski definition) is 6. The summed E-state index contributed by atoms with van der Waals surface area (Å²) in [6.45, 7) is 5.75. The predicted octanol–water partition coefficient (Wildman–Crippen LogP) is 1.35. The summed E-state index contributed by atoms with van der Waals surface area (Å²) < 4.78 is 0. The number of hydrazone groups is 2. The molecule has 2 aromatic carbocycles. The minimum Gasteiger partial charge on any atom is -0.326 e. The Morgan fingerprint density at radius 3 is 1.34 bits per heavy atom. The summed E-state index contributed by atoms with van der Waals surface area (Å²) in [5.74, 6) is -0.233. The second-order valence-electron chi connectivity index (χ2n) is 8.20. The molecule has 0 saturated carbocycles. The van der Waals surface area contributed by atoms with Crippen LogP contribution in [0.5, 0.6) is 0 Å². The van der Waals surface area contributed by atoms with Crippen molar-refractivity contribution < 1.29 is 9.59 Å². The molecule has 6 N–H and O–H groups in total. The number of hydrogen-bond acceptors (Lipinski definition) is 8. The third-order valence-corrected chi connectivity index (χ3v) is 5.39. The second-order valence-corrected chi connectivity index (χ2v) is 9.02. The standard InChI is InChI=1S/C24H30N10O2S2/c1-17(35)27-21-7-3-19(4-8-21)15-25-29-23(37)31-33-11-13-34(14-12-33)32-24(38)30-26-16-20-5-9-22(10-6-20)28-18(2)36/h3-10,15-16H,11-14H2,1-2H3,(H,27,35)(H,28,36)(H2,29,31,37)(H2,30,32,38)/b25-15-,26-16+. The lowest BCUT2D eigenvalue weighted by Crippen LogP contribution is -2.59. The van der Waals surface area contributed by atoms with Gasteiger partial charge >= 0.3 is 0 Å². The fraction of sp³-hybridized carbons (Fsp3) is 0.250. The molecule has 1 aliphatic rings. The quantitative estimate of drug-likeness (QED) is 0.161. The highest BCUT2D eigenvalue weighted by atomic mass is 32.1. The fourth-order valence-electron chi connectivity index (χ4n) is 3.31. The Kier molecular flexibility index (Phi) is 11.0. The molecule has 3 rings (SSSR count). The Labute approximate surface area is 231 Å². The normalized spacial score (nSPS) is 14.2. The van der Waals surface area contributed by atoms with Gasteiger partial charge in [0.1, 0.15) is 0 Å². The topological polar surface area (TPSA) is 138 Å². The summed E-state index contributed by atoms with van der Waals surface area (Å²) >= 11 is 10.6. The molecule has 1 fully saturated rings. The van der Waals surface area contributed by atoms with Crippen LogP contribution in [0.3, 0.4) is 0 Å². The number of amides is 2. The highest BCUT2D eigenvalue weighted by molar-refractivity contribution is 7.80. The molecule has 1 heterocycles. The van der Waals surface area contributed by atoms with Crippen molar-refractivity contribution in [3.05, 3.63) is 59.7 Å². The summed E-state index contributed by atoms with van der Waals surface area (Å²) in [4.78, 5) is 22.2. The maximum atomic E-state index is 11.1. The van der Waals surface area contributed by atoms with Gasteiger partial charge in [0.05, 0.1) is 12.4 Å². The molecule has 1 aliphatic heterocycles. The monoisotopic (exact) mass is 554 g/mol. The van der Waals surface area contributed by atoms with Crippen LogP contribution in [0.4, 0.5) is 11.4 Å². The van der Waals surface area contributed by atoms with E-state index in [2.05, 4.69) is 42.5 Å². The Bertz CT molecular complexity index is 1080. The summed E-state index contributed by atoms with van der Waals surface area (Å²) in [7, 11) is 0. The molecule has 14 heteroatoms. The first-order valence-electron chi connectivity index (χ1n) is 11.7. The van der Waals surface area contributed by atoms with Crippen LogP contribution in [-0.2, 0) is 9.59 Å². The molecule has 2 amide bonds. The Morgan fingerprint density at radius 2 is 1.03 bits per heavy atom. The van der Waals surface area contributed by atoms with E-state index in [4.69, 9.17) is 24.4 Å². The highest BCUT2D eigenvalue weighted by Crippen LogP contribution is 2.08. The molecule has 1 saturated heterocycles. The van der Waals surface area contributed by atoms with Gasteiger partial charge < -0.3 is 10.6 Å². The third kappa shape index (κ3) is 10.6. The predicted molar refractivity (Wildman–Crippen MR) is 158 cm³/mol. The van der Waals surface area contributed by atoms with Gasteiger partial charge in [0.25, 0.3) is 0 Å². The number of carbonyl (C=O) groups is 2. The smallest absolute Gasteiger partial charge is 0.221 e. The molecule has 12 nitrogen and oxygen atoms in total. The lowest BCUT2D eigenvalue weighted by atomic mass is 10.2. The molecule has 2 aromatic rings. The lowest BCUT2D eigenvalue weighted by molar-refractivity contribution is -0.115. The van der Waals surface area contributed by atoms with Gasteiger partial charge in [-0.15, -0.1) is 0 Å². The fourth-order valence-corrected chi connectivity index (χ4v) is 3.67. The molecule has 0 radical (unpaired) electrons. The zero-order valence-corrected chi connectivity index (χ0v) is 22.7. The van der Waals surface area contributed by atoms with Gasteiger partial charge in [-0.2, -0.15) is 10.2 Å². The van der Waals surface area contributed by atoms with Crippen LogP contribution in [0.25, 0.3) is 0 Å². The van der Waals surface area contributed by atoms with Crippen molar-refractivity contribution in [2.45, 2.75) is 13.8 Å². The molecule has 0 atom stereocenters. The maximum absolute atomic E-state index is 11.1. The van der Waals surface area contributed by atoms with Crippen molar-refractivity contribution in [3.63, 3.8) is 0 Å². The number of carbonyl (C=O) groups excluding carboxylic acids is 2. The second kappa shape index (κ2) is 14.7. The zero-order valence-electron chi connectivity index (χ0n) is 21.0. The van der Waals surface area contributed by atoms with E-state index >= 15 is 0 Å². The highest BCUT2D eigenvalue weighted by Gasteiger charge is 2.17. The van der Waals surface area contributed by atoms with E-state index in [1.807, 2.05) is 34.3 Å². The van der Waals surface area contributed by atoms with Crippen LogP contribution in [0.15, 0.2) is 58.7 Å². The van der Waals surface area contributed by atoms with Crippen molar-refractivity contribution in [2.24, 2.45) is 10.2 Å². The molecule has 200 valence electrons. The number of hydrazine groups is 2. The molecule has 0 aromatic heterocycles. The van der Waals surface area contributed by atoms with E-state index in [0.717, 1.165) is 22.5 Å². The largest absolute Gasteiger partial charge is 0.326 e. The van der Waals surface area contributed by atoms with E-state index in [1.54, 1.807) is 36.7 Å². The molecule has 0 bridgehead atoms. The number of nitrogens with one attached hydrogen (secondary N) is 6. The van der Waals surface area contributed by atoms with Crippen LogP contribution < -0.4 is 32.3 Å². The first-order chi connectivity index (χ1) is 18.3. The number of rotatable bonds is 8. The summed E-state index contributed by atoms with van der Waals surface area (Å²) in [5.41, 5.74) is 15.0. The molecule has 0 spiro atoms. The number of piperazine rings is 1. The van der Waals surface area contributed by atoms with Gasteiger partial charge in [-0.25, -0.2) is 10.0 Å². The zero-order chi connectivity index (χ0) is 27.3. The van der Waals surface area contributed by atoms with Gasteiger partial charge in [0.2, 0.25) is 22.0 Å². The van der Waals surface area contributed by atoms with Crippen molar-refractivity contribution in [1.29, 1.82) is 0 Å². The Balaban J connectivity index is 1.31. The van der Waals surface area contributed by atoms with E-state index < -0.39 is 0 Å². The summed E-state index contributed by atoms with van der Waals surface area (Å²) in [5, 5.41) is 18.5. The molecular formula is C24H30N10O2S2. The number of benzene rings is 2. The van der Waals surface area contributed by atoms with Crippen LogP contribution in [0, 0.1) is 0 Å². The van der Waals surface area contributed by atoms with Crippen molar-refractivity contribution in [1.82, 2.24) is 31.7 Å². The van der Waals surface area contributed by atoms with Crippen LogP contribution in [0.1, 0.15) is 25.0 Å². The molecular weight excluding hydrogens is 524 g/mol. The Hall–Kier alpha value is -3.98. The van der Waals surface area contributed by atoms with Crippen LogP contribution in [0.2, 0.25) is 0 Å². The maximum Gasteiger partial charge on any atom is 0.221 e. The van der Waals surface area contributed by atoms with Crippen molar-refractivity contribution in [3.8, 4) is 0 Å². The van der Waals surface area contributed by atoms with E-state index in [9.17, 15) is 9.59 Å². The van der Waals surface area contributed by atoms with Gasteiger partial charge in [0.15, 0.2) is 0 Å². The average Bonchev–Trinajstić information content (AvgIpc) is 2.87. The minimum atomic E-state index is -0.116. The number of thiocarbonyl (C=S) groups is 2. The van der Waals surface area contributed by atoms with Crippen molar-refractivity contribution in [2.75, 3.05) is 36.8 Å². The molecule has 0 aliphatic carbocycles. The first kappa shape index (κ1) is 28.6. The van der Waals surface area contributed by atoms with Gasteiger partial charge in [-0.1, -0.05) is 24.3 Å². The first-order valence-corrected chi connectivity index (χ1v) is 12.5. The van der Waals surface area contributed by atoms with E-state index in [0.29, 0.717) is 36.4 Å². The molecule has 0 unspecified atom stereocenters. The molecule has 38 heavy (non-hydrogen) atoms. The lowest BCUT2D eigenvalue weighted by Gasteiger charge is -2.35. The van der Waals surface area contributed by atoms with E-state index in [1.165, 1.54) is 13.8 Å². The van der Waals surface area contributed by atoms with Crippen molar-refractivity contribution >= 4 is 70.3 Å². The van der Waals surface area contributed by atoms with Gasteiger partial charge in [-0.3, -0.25) is 31.3 Å². The average molecular weight is 555 g/mol. The number of nitrogens with zero attached hydrogens (tertiary/aromatic N) is 4. The Morgan fingerprint density at radius 1 is 0.684 bits per heavy atom. The van der Waals surface area contributed by atoms with Gasteiger partial charge in [0, 0.05) is 51.4 Å². The van der Waals surface area contributed by atoms with E-state index in [-0.39, 0.29) is 11.8 Å². The van der Waals surface area contributed by atoms with Crippen LogP contribution >= 0.6 is 24.4 Å². The SMILES string of the molecule is CC(=O)Nc1ccc(/C=N\NC(=S)NN2CCN(NC(=S)N/N=C/c3ccc(NC(C)=O)cc3)CC2)cc1. The van der Waals surface area contributed by atoms with Gasteiger partial charge in [-0.05, 0) is 59.8 Å². The van der Waals surface area contributed by atoms with Crippen LogP contribution in [-0.4, -0.2) is 70.7 Å². The summed E-state index contributed by atoms with van der Waals surface area (Å²) in [6.07, 6.45) is 3.29. The minimum absolute atomic E-state index is 0.116. The number of anilines is 2. The summed E-state index contributed by atoms with van der Waals surface area (Å²) in [6, 6.07) is 14.6.